The zero-order valence-electron chi connectivity index (χ0n) is 13.9. The van der Waals surface area contributed by atoms with Crippen LogP contribution in [0.2, 0.25) is 0 Å². The Labute approximate surface area is 166 Å². The van der Waals surface area contributed by atoms with E-state index in [1.54, 1.807) is 18.2 Å². The smallest absolute Gasteiger partial charge is 0.261 e. The van der Waals surface area contributed by atoms with Crippen LogP contribution in [0, 0.1) is 0 Å². The molecule has 0 spiro atoms. The predicted molar refractivity (Wildman–Crippen MR) is 103 cm³/mol. The van der Waals surface area contributed by atoms with Gasteiger partial charge in [0.1, 0.15) is 5.76 Å². The highest BCUT2D eigenvalue weighted by atomic mass is 79.9. The summed E-state index contributed by atoms with van der Waals surface area (Å²) >= 11 is 4.92. The maximum Gasteiger partial charge on any atom is 0.261 e. The number of nitrogens with one attached hydrogen (secondary N) is 1. The highest BCUT2D eigenvalue weighted by Crippen LogP contribution is 2.26. The van der Waals surface area contributed by atoms with E-state index >= 15 is 0 Å². The number of benzene rings is 1. The summed E-state index contributed by atoms with van der Waals surface area (Å²) in [6.07, 6.45) is 1.49. The van der Waals surface area contributed by atoms with Crippen molar-refractivity contribution >= 4 is 45.0 Å². The molecular formula is C19H13BrN2O4S. The number of amides is 3. The topological polar surface area (TPSA) is 79.6 Å². The number of rotatable bonds is 5. The molecule has 3 aromatic rings. The Balaban J connectivity index is 1.51. The van der Waals surface area contributed by atoms with Gasteiger partial charge in [-0.2, -0.15) is 0 Å². The van der Waals surface area contributed by atoms with Crippen molar-refractivity contribution in [3.63, 3.8) is 0 Å². The van der Waals surface area contributed by atoms with E-state index in [0.717, 1.165) is 13.6 Å². The number of furan rings is 1. The third-order valence-corrected chi connectivity index (χ3v) is 5.80. The van der Waals surface area contributed by atoms with Gasteiger partial charge in [0.15, 0.2) is 0 Å². The number of hydrogen-bond donors (Lipinski definition) is 1. The van der Waals surface area contributed by atoms with Crippen LogP contribution in [0.5, 0.6) is 0 Å². The van der Waals surface area contributed by atoms with E-state index in [2.05, 4.69) is 21.2 Å². The predicted octanol–water partition coefficient (Wildman–Crippen LogP) is 3.83. The summed E-state index contributed by atoms with van der Waals surface area (Å²) in [5, 5.41) is 2.82. The number of nitrogens with zero attached hydrogens (tertiary/aromatic N) is 1. The Morgan fingerprint density at radius 1 is 1.11 bits per heavy atom. The Hall–Kier alpha value is -2.71. The Morgan fingerprint density at radius 3 is 2.63 bits per heavy atom. The van der Waals surface area contributed by atoms with Crippen molar-refractivity contribution in [1.29, 1.82) is 0 Å². The van der Waals surface area contributed by atoms with E-state index in [-0.39, 0.29) is 23.9 Å². The molecule has 4 rings (SSSR count). The van der Waals surface area contributed by atoms with Crippen LogP contribution in [0.3, 0.4) is 0 Å². The molecule has 0 radical (unpaired) electrons. The lowest BCUT2D eigenvalue weighted by Gasteiger charge is -2.11. The molecule has 0 saturated carbocycles. The molecule has 2 aromatic heterocycles. The average Bonchev–Trinajstić information content (AvgIpc) is 3.38. The number of fused-ring (bicyclic) bond motifs is 1. The molecule has 0 atom stereocenters. The first kappa shape index (κ1) is 17.7. The van der Waals surface area contributed by atoms with Gasteiger partial charge in [-0.3, -0.25) is 19.3 Å². The standard InChI is InChI=1S/C19H13BrN2O4S/c20-16-6-4-13(27-16)9-21-17(23)11-3-5-14-15(8-11)19(25)22(18(14)24)10-12-2-1-7-26-12/h1-8H,9-10H2,(H,21,23). The first-order valence-corrected chi connectivity index (χ1v) is 9.69. The molecule has 27 heavy (non-hydrogen) atoms. The van der Waals surface area contributed by atoms with Crippen LogP contribution in [0.25, 0.3) is 0 Å². The van der Waals surface area contributed by atoms with Crippen LogP contribution in [-0.4, -0.2) is 22.6 Å². The highest BCUT2D eigenvalue weighted by Gasteiger charge is 2.36. The van der Waals surface area contributed by atoms with Crippen molar-refractivity contribution in [3.05, 3.63) is 79.8 Å². The highest BCUT2D eigenvalue weighted by molar-refractivity contribution is 9.11. The van der Waals surface area contributed by atoms with Gasteiger partial charge in [-0.15, -0.1) is 11.3 Å². The minimum atomic E-state index is -0.428. The second kappa shape index (κ2) is 7.13. The van der Waals surface area contributed by atoms with Gasteiger partial charge in [-0.25, -0.2) is 0 Å². The van der Waals surface area contributed by atoms with E-state index in [4.69, 9.17) is 4.42 Å². The average molecular weight is 445 g/mol. The van der Waals surface area contributed by atoms with Gasteiger partial charge in [-0.05, 0) is 58.4 Å². The maximum atomic E-state index is 12.6. The fraction of sp³-hybridized carbons (Fsp3) is 0.105. The van der Waals surface area contributed by atoms with Crippen molar-refractivity contribution in [1.82, 2.24) is 10.2 Å². The van der Waals surface area contributed by atoms with Crippen molar-refractivity contribution < 1.29 is 18.8 Å². The molecule has 0 fully saturated rings. The number of carbonyl (C=O) groups is 3. The first-order valence-electron chi connectivity index (χ1n) is 8.08. The molecule has 0 unspecified atom stereocenters. The molecule has 1 N–H and O–H groups in total. The van der Waals surface area contributed by atoms with Crippen LogP contribution in [0.4, 0.5) is 0 Å². The van der Waals surface area contributed by atoms with Crippen LogP contribution < -0.4 is 5.32 Å². The van der Waals surface area contributed by atoms with Gasteiger partial charge >= 0.3 is 0 Å². The number of imide groups is 1. The van der Waals surface area contributed by atoms with Gasteiger partial charge in [0.2, 0.25) is 0 Å². The van der Waals surface area contributed by atoms with Crippen molar-refractivity contribution in [3.8, 4) is 0 Å². The van der Waals surface area contributed by atoms with Gasteiger partial charge < -0.3 is 9.73 Å². The number of hydrogen-bond acceptors (Lipinski definition) is 5. The summed E-state index contributed by atoms with van der Waals surface area (Å²) in [5.74, 6) is -0.596. The fourth-order valence-electron chi connectivity index (χ4n) is 2.85. The molecule has 136 valence electrons. The number of halogens is 1. The monoisotopic (exact) mass is 444 g/mol. The van der Waals surface area contributed by atoms with Gasteiger partial charge in [0, 0.05) is 10.4 Å². The van der Waals surface area contributed by atoms with Gasteiger partial charge in [-0.1, -0.05) is 0 Å². The molecule has 1 aliphatic heterocycles. The molecule has 0 saturated heterocycles. The Morgan fingerprint density at radius 2 is 1.93 bits per heavy atom. The Kier molecular flexibility index (Phi) is 4.67. The minimum Gasteiger partial charge on any atom is -0.467 e. The van der Waals surface area contributed by atoms with Crippen LogP contribution in [-0.2, 0) is 13.1 Å². The maximum absolute atomic E-state index is 12.6. The molecular weight excluding hydrogens is 432 g/mol. The van der Waals surface area contributed by atoms with Gasteiger partial charge in [0.05, 0.1) is 34.3 Å². The zero-order valence-corrected chi connectivity index (χ0v) is 16.3. The zero-order chi connectivity index (χ0) is 19.0. The molecule has 1 aliphatic rings. The van der Waals surface area contributed by atoms with E-state index in [1.165, 1.54) is 29.7 Å². The van der Waals surface area contributed by atoms with Crippen molar-refractivity contribution in [2.24, 2.45) is 0 Å². The SMILES string of the molecule is O=C(NCc1ccc(Br)s1)c1ccc2c(c1)C(=O)N(Cc1ccco1)C2=O. The van der Waals surface area contributed by atoms with Crippen LogP contribution >= 0.6 is 27.3 Å². The van der Waals surface area contributed by atoms with E-state index < -0.39 is 5.91 Å². The molecule has 3 heterocycles. The lowest BCUT2D eigenvalue weighted by atomic mass is 10.1. The molecule has 0 bridgehead atoms. The molecule has 1 aromatic carbocycles. The normalized spacial score (nSPS) is 13.1. The van der Waals surface area contributed by atoms with Crippen molar-refractivity contribution in [2.45, 2.75) is 13.1 Å². The lowest BCUT2D eigenvalue weighted by Crippen LogP contribution is -2.28. The molecule has 6 nitrogen and oxygen atoms in total. The summed E-state index contributed by atoms with van der Waals surface area (Å²) in [5.41, 5.74) is 0.869. The van der Waals surface area contributed by atoms with E-state index in [1.807, 2.05) is 12.1 Å². The third kappa shape index (κ3) is 3.45. The minimum absolute atomic E-state index is 0.0636. The third-order valence-electron chi connectivity index (χ3n) is 4.18. The molecule has 3 amide bonds. The fourth-order valence-corrected chi connectivity index (χ4v) is 4.27. The summed E-state index contributed by atoms with van der Waals surface area (Å²) in [7, 11) is 0. The number of carbonyl (C=O) groups excluding carboxylic acids is 3. The van der Waals surface area contributed by atoms with E-state index in [0.29, 0.717) is 23.4 Å². The van der Waals surface area contributed by atoms with E-state index in [9.17, 15) is 14.4 Å². The quantitative estimate of drug-likeness (QED) is 0.606. The lowest BCUT2D eigenvalue weighted by molar-refractivity contribution is 0.0631. The molecule has 0 aliphatic carbocycles. The van der Waals surface area contributed by atoms with Crippen LogP contribution in [0.15, 0.2) is 56.9 Å². The van der Waals surface area contributed by atoms with Crippen LogP contribution in [0.1, 0.15) is 41.7 Å². The summed E-state index contributed by atoms with van der Waals surface area (Å²) in [4.78, 5) is 39.6. The molecule has 8 heteroatoms. The second-order valence-electron chi connectivity index (χ2n) is 5.92. The summed E-state index contributed by atoms with van der Waals surface area (Å²) in [6.45, 7) is 0.456. The van der Waals surface area contributed by atoms with Crippen molar-refractivity contribution in [2.75, 3.05) is 0 Å². The van der Waals surface area contributed by atoms with Gasteiger partial charge in [0.25, 0.3) is 17.7 Å². The first-order chi connectivity index (χ1) is 13.0. The Bertz CT molecular complexity index is 1040. The summed E-state index contributed by atoms with van der Waals surface area (Å²) in [6, 6.07) is 11.8. The largest absolute Gasteiger partial charge is 0.467 e. The summed E-state index contributed by atoms with van der Waals surface area (Å²) < 4.78 is 6.21. The second-order valence-corrected chi connectivity index (χ2v) is 8.47. The number of thiophene rings is 1.